The number of anilines is 1. The van der Waals surface area contributed by atoms with Crippen molar-refractivity contribution in [2.45, 2.75) is 38.5 Å². The minimum atomic E-state index is -1.86. The van der Waals surface area contributed by atoms with E-state index in [0.29, 0.717) is 5.56 Å². The molecule has 9 nitrogen and oxygen atoms in total. The average Bonchev–Trinajstić information content (AvgIpc) is 3.34. The lowest BCUT2D eigenvalue weighted by Gasteiger charge is -2.55. The summed E-state index contributed by atoms with van der Waals surface area (Å²) >= 11 is 0. The number of hydrogen-bond acceptors (Lipinski definition) is 7. The molecule has 6 rings (SSSR count). The number of ether oxygens (including phenoxy) is 1. The summed E-state index contributed by atoms with van der Waals surface area (Å²) in [5, 5.41) is 4.30. The second-order valence-corrected chi connectivity index (χ2v) is 9.73. The van der Waals surface area contributed by atoms with Crippen LogP contribution in [0.3, 0.4) is 0 Å². The number of barbiturate groups is 1. The standard InChI is InChI=1S/C26H21F3N4O5/c1-11-9-33-20-14(8-26(22(33)12(2)38-11)23(34)31-25(36)32-24(26)35)7-16(17(28)18(20)29)21-19(30-10-37-21)13-3-5-15(27)6-4-13/h3-7,10-12,22H,8-9H2,1-2H3,(H2,31,32,34,35,36)/t11-,12+,22-/m1/s1. The Balaban J connectivity index is 1.56. The quantitative estimate of drug-likeness (QED) is 0.493. The molecule has 3 atom stereocenters. The normalized spacial score (nSPS) is 24.1. The summed E-state index contributed by atoms with van der Waals surface area (Å²) in [6, 6.07) is 4.59. The number of hydrogen-bond donors (Lipinski definition) is 2. The maximum atomic E-state index is 15.9. The predicted molar refractivity (Wildman–Crippen MR) is 126 cm³/mol. The zero-order valence-corrected chi connectivity index (χ0v) is 20.2. The highest BCUT2D eigenvalue weighted by Gasteiger charge is 2.63. The van der Waals surface area contributed by atoms with Crippen LogP contribution in [0.5, 0.6) is 0 Å². The van der Waals surface area contributed by atoms with Crippen LogP contribution < -0.4 is 15.5 Å². The number of imide groups is 2. The Morgan fingerprint density at radius 1 is 1.03 bits per heavy atom. The molecular weight excluding hydrogens is 505 g/mol. The van der Waals surface area contributed by atoms with Crippen LogP contribution in [0.4, 0.5) is 23.7 Å². The zero-order valence-electron chi connectivity index (χ0n) is 20.2. The summed E-state index contributed by atoms with van der Waals surface area (Å²) in [6.07, 6.45) is -0.442. The fourth-order valence-corrected chi connectivity index (χ4v) is 5.95. The molecule has 4 heterocycles. The Hall–Kier alpha value is -4.19. The largest absolute Gasteiger partial charge is 0.443 e. The monoisotopic (exact) mass is 526 g/mol. The Bertz CT molecular complexity index is 1490. The van der Waals surface area contributed by atoms with Crippen LogP contribution in [0.25, 0.3) is 22.6 Å². The van der Waals surface area contributed by atoms with Crippen molar-refractivity contribution in [3.63, 3.8) is 0 Å². The van der Waals surface area contributed by atoms with Crippen molar-refractivity contribution in [3.05, 3.63) is 59.7 Å². The summed E-state index contributed by atoms with van der Waals surface area (Å²) < 4.78 is 56.5. The topological polar surface area (TPSA) is 114 Å². The maximum Gasteiger partial charge on any atom is 0.328 e. The highest BCUT2D eigenvalue weighted by molar-refractivity contribution is 6.20. The molecule has 4 amide bonds. The Morgan fingerprint density at radius 2 is 1.71 bits per heavy atom. The molecule has 2 aromatic carbocycles. The van der Waals surface area contributed by atoms with E-state index in [-0.39, 0.29) is 41.2 Å². The van der Waals surface area contributed by atoms with Gasteiger partial charge in [-0.3, -0.25) is 20.2 Å². The van der Waals surface area contributed by atoms with E-state index in [1.807, 2.05) is 0 Å². The lowest BCUT2D eigenvalue weighted by Crippen LogP contribution is -2.75. The molecule has 2 saturated heterocycles. The number of carbonyl (C=O) groups excluding carboxylic acids is 3. The fraction of sp³-hybridized carbons (Fsp3) is 0.308. The van der Waals surface area contributed by atoms with Crippen LogP contribution in [0.2, 0.25) is 0 Å². The Morgan fingerprint density at radius 3 is 2.39 bits per heavy atom. The first-order valence-electron chi connectivity index (χ1n) is 11.9. The number of fused-ring (bicyclic) bond motifs is 4. The predicted octanol–water partition coefficient (Wildman–Crippen LogP) is 3.32. The lowest BCUT2D eigenvalue weighted by atomic mass is 9.66. The molecule has 3 aliphatic rings. The molecule has 0 aliphatic carbocycles. The van der Waals surface area contributed by atoms with Gasteiger partial charge in [-0.15, -0.1) is 0 Å². The molecule has 12 heteroatoms. The van der Waals surface area contributed by atoms with Crippen molar-refractivity contribution < 1.29 is 36.7 Å². The van der Waals surface area contributed by atoms with E-state index in [4.69, 9.17) is 9.15 Å². The summed E-state index contributed by atoms with van der Waals surface area (Å²) in [7, 11) is 0. The van der Waals surface area contributed by atoms with Crippen molar-refractivity contribution >= 4 is 23.5 Å². The minimum absolute atomic E-state index is 0.0666. The first kappa shape index (κ1) is 24.2. The molecule has 38 heavy (non-hydrogen) atoms. The van der Waals surface area contributed by atoms with Crippen molar-refractivity contribution in [1.29, 1.82) is 0 Å². The third kappa shape index (κ3) is 3.36. The van der Waals surface area contributed by atoms with E-state index >= 15 is 8.78 Å². The highest BCUT2D eigenvalue weighted by atomic mass is 19.2. The first-order chi connectivity index (χ1) is 18.1. The van der Waals surface area contributed by atoms with Gasteiger partial charge < -0.3 is 14.1 Å². The third-order valence-electron chi connectivity index (χ3n) is 7.40. The molecule has 1 spiro atoms. The van der Waals surface area contributed by atoms with Crippen molar-refractivity contribution in [3.8, 4) is 22.6 Å². The van der Waals surface area contributed by atoms with Gasteiger partial charge in [0.1, 0.15) is 11.5 Å². The molecule has 0 saturated carbocycles. The van der Waals surface area contributed by atoms with Crippen LogP contribution in [0.1, 0.15) is 19.4 Å². The molecule has 3 aliphatic heterocycles. The molecule has 3 aromatic rings. The molecule has 2 N–H and O–H groups in total. The van der Waals surface area contributed by atoms with Crippen LogP contribution >= 0.6 is 0 Å². The maximum absolute atomic E-state index is 15.9. The molecule has 0 unspecified atom stereocenters. The van der Waals surface area contributed by atoms with Crippen molar-refractivity contribution in [2.75, 3.05) is 11.4 Å². The van der Waals surface area contributed by atoms with Gasteiger partial charge in [0.15, 0.2) is 29.2 Å². The van der Waals surface area contributed by atoms with Gasteiger partial charge in [0.05, 0.1) is 29.5 Å². The number of rotatable bonds is 2. The molecular formula is C26H21F3N4O5. The number of carbonyl (C=O) groups is 3. The second kappa shape index (κ2) is 8.42. The van der Waals surface area contributed by atoms with E-state index in [1.165, 1.54) is 35.2 Å². The highest BCUT2D eigenvalue weighted by Crippen LogP contribution is 2.49. The van der Waals surface area contributed by atoms with Gasteiger partial charge in [0, 0.05) is 18.5 Å². The number of urea groups is 1. The summed E-state index contributed by atoms with van der Waals surface area (Å²) in [5.41, 5.74) is -1.51. The number of oxazole rings is 1. The van der Waals surface area contributed by atoms with Crippen LogP contribution in [0.15, 0.2) is 41.1 Å². The van der Waals surface area contributed by atoms with Gasteiger partial charge in [-0.25, -0.2) is 22.9 Å². The fourth-order valence-electron chi connectivity index (χ4n) is 5.95. The SMILES string of the molecule is C[C@@H]1CN2c3c(cc(-c4ocnc4-c4ccc(F)cc4)c(F)c3F)CC3(C(=O)NC(=O)NC3=O)[C@H]2[C@H](C)O1. The number of aromatic nitrogens is 1. The van der Waals surface area contributed by atoms with Crippen LogP contribution in [-0.4, -0.2) is 47.6 Å². The van der Waals surface area contributed by atoms with Crippen LogP contribution in [-0.2, 0) is 20.7 Å². The van der Waals surface area contributed by atoms with Gasteiger partial charge in [-0.05, 0) is 49.7 Å². The summed E-state index contributed by atoms with van der Waals surface area (Å²) in [4.78, 5) is 44.1. The first-order valence-corrected chi connectivity index (χ1v) is 11.9. The number of nitrogens with zero attached hydrogens (tertiary/aromatic N) is 2. The van der Waals surface area contributed by atoms with Crippen molar-refractivity contribution in [1.82, 2.24) is 15.6 Å². The minimum Gasteiger partial charge on any atom is -0.443 e. The molecule has 196 valence electrons. The number of benzene rings is 2. The Kier molecular flexibility index (Phi) is 5.35. The summed E-state index contributed by atoms with van der Waals surface area (Å²) in [6.45, 7) is 3.45. The van der Waals surface area contributed by atoms with E-state index in [9.17, 15) is 18.8 Å². The smallest absolute Gasteiger partial charge is 0.328 e. The van der Waals surface area contributed by atoms with Gasteiger partial charge in [-0.2, -0.15) is 0 Å². The van der Waals surface area contributed by atoms with Gasteiger partial charge >= 0.3 is 6.03 Å². The third-order valence-corrected chi connectivity index (χ3v) is 7.40. The number of amides is 4. The Labute approximate surface area is 214 Å². The van der Waals surface area contributed by atoms with E-state index < -0.39 is 59.0 Å². The molecule has 1 aromatic heterocycles. The van der Waals surface area contributed by atoms with Gasteiger partial charge in [0.2, 0.25) is 11.8 Å². The number of halogens is 3. The summed E-state index contributed by atoms with van der Waals surface area (Å²) in [5.74, 6) is -4.69. The second-order valence-electron chi connectivity index (χ2n) is 9.73. The molecule has 0 radical (unpaired) electrons. The van der Waals surface area contributed by atoms with E-state index in [1.54, 1.807) is 13.8 Å². The van der Waals surface area contributed by atoms with Gasteiger partial charge in [0.25, 0.3) is 0 Å². The van der Waals surface area contributed by atoms with Crippen molar-refractivity contribution in [2.24, 2.45) is 5.41 Å². The molecule has 2 fully saturated rings. The van der Waals surface area contributed by atoms with Crippen LogP contribution in [0, 0.1) is 22.9 Å². The molecule has 0 bridgehead atoms. The average molecular weight is 526 g/mol. The lowest BCUT2D eigenvalue weighted by molar-refractivity contribution is -0.153. The number of nitrogens with one attached hydrogen (secondary N) is 2. The number of morpholine rings is 1. The van der Waals surface area contributed by atoms with E-state index in [0.717, 1.165) is 6.39 Å². The van der Waals surface area contributed by atoms with Gasteiger partial charge in [-0.1, -0.05) is 0 Å². The van der Waals surface area contributed by atoms with E-state index in [2.05, 4.69) is 15.6 Å². The zero-order chi connectivity index (χ0) is 26.9.